The predicted molar refractivity (Wildman–Crippen MR) is 124 cm³/mol. The molecule has 0 N–H and O–H groups in total. The zero-order valence-corrected chi connectivity index (χ0v) is 18.6. The number of para-hydroxylation sites is 2. The minimum absolute atomic E-state index is 0.0159. The average Bonchev–Trinajstić information content (AvgIpc) is 3.43. The van der Waals surface area contributed by atoms with E-state index in [0.29, 0.717) is 31.3 Å². The highest BCUT2D eigenvalue weighted by atomic mass is 32.2. The van der Waals surface area contributed by atoms with Crippen LogP contribution in [0.1, 0.15) is 4.88 Å². The van der Waals surface area contributed by atoms with Crippen molar-refractivity contribution in [1.29, 1.82) is 0 Å². The van der Waals surface area contributed by atoms with Crippen LogP contribution in [0.3, 0.4) is 0 Å². The topological polar surface area (TPSA) is 56.6 Å². The number of thioether (sulfide) groups is 1. The van der Waals surface area contributed by atoms with Gasteiger partial charge in [-0.25, -0.2) is 4.98 Å². The number of hydrogen-bond donors (Lipinski definition) is 0. The van der Waals surface area contributed by atoms with Crippen molar-refractivity contribution in [2.45, 2.75) is 11.7 Å². The van der Waals surface area contributed by atoms with E-state index in [4.69, 9.17) is 9.47 Å². The molecule has 5 rings (SSSR count). The quantitative estimate of drug-likeness (QED) is 0.397. The number of anilines is 1. The number of aromatic nitrogens is 2. The van der Waals surface area contributed by atoms with Crippen LogP contribution in [-0.4, -0.2) is 34.4 Å². The molecule has 0 radical (unpaired) electrons. The number of aryl methyl sites for hydroxylation is 1. The SMILES string of the molecule is Cn1c(SCC(=O)N(Cc2cccs2)c2ccc3c(c2)OCCO3)nc2ccccc21. The first-order valence-electron chi connectivity index (χ1n) is 9.96. The van der Waals surface area contributed by atoms with E-state index in [0.717, 1.165) is 26.8 Å². The third-order valence-electron chi connectivity index (χ3n) is 5.10. The van der Waals surface area contributed by atoms with Gasteiger partial charge in [-0.15, -0.1) is 11.3 Å². The van der Waals surface area contributed by atoms with Crippen molar-refractivity contribution >= 4 is 45.7 Å². The maximum Gasteiger partial charge on any atom is 0.237 e. The molecule has 0 saturated carbocycles. The molecular formula is C23H21N3O3S2. The molecule has 2 aromatic carbocycles. The summed E-state index contributed by atoms with van der Waals surface area (Å²) in [6.45, 7) is 1.57. The fourth-order valence-electron chi connectivity index (χ4n) is 3.54. The number of benzene rings is 2. The Morgan fingerprint density at radius 2 is 1.97 bits per heavy atom. The normalized spacial score (nSPS) is 12.8. The van der Waals surface area contributed by atoms with Crippen molar-refractivity contribution in [1.82, 2.24) is 9.55 Å². The highest BCUT2D eigenvalue weighted by Gasteiger charge is 2.21. The van der Waals surface area contributed by atoms with Crippen molar-refractivity contribution < 1.29 is 14.3 Å². The Labute approximate surface area is 188 Å². The summed E-state index contributed by atoms with van der Waals surface area (Å²) in [5, 5.41) is 2.85. The summed E-state index contributed by atoms with van der Waals surface area (Å²) in [5.74, 6) is 1.70. The zero-order valence-electron chi connectivity index (χ0n) is 17.0. The van der Waals surface area contributed by atoms with Gasteiger partial charge in [-0.2, -0.15) is 0 Å². The zero-order chi connectivity index (χ0) is 21.2. The van der Waals surface area contributed by atoms with E-state index >= 15 is 0 Å². The molecule has 158 valence electrons. The molecule has 0 saturated heterocycles. The summed E-state index contributed by atoms with van der Waals surface area (Å²) in [4.78, 5) is 20.9. The van der Waals surface area contributed by atoms with E-state index < -0.39 is 0 Å². The largest absolute Gasteiger partial charge is 0.486 e. The molecule has 0 aliphatic carbocycles. The van der Waals surface area contributed by atoms with Gasteiger partial charge < -0.3 is 18.9 Å². The number of fused-ring (bicyclic) bond motifs is 2. The number of ether oxygens (including phenoxy) is 2. The molecule has 1 aliphatic heterocycles. The Morgan fingerprint density at radius 3 is 2.77 bits per heavy atom. The second-order valence-corrected chi connectivity index (χ2v) is 9.09. The number of carbonyl (C=O) groups excluding carboxylic acids is 1. The summed E-state index contributed by atoms with van der Waals surface area (Å²) in [6.07, 6.45) is 0. The van der Waals surface area contributed by atoms with Crippen LogP contribution in [0.5, 0.6) is 11.5 Å². The molecule has 3 heterocycles. The van der Waals surface area contributed by atoms with Gasteiger partial charge in [0.25, 0.3) is 0 Å². The summed E-state index contributed by atoms with van der Waals surface area (Å²) in [7, 11) is 1.98. The smallest absolute Gasteiger partial charge is 0.237 e. The Kier molecular flexibility index (Phi) is 5.57. The van der Waals surface area contributed by atoms with Crippen LogP contribution in [-0.2, 0) is 18.4 Å². The Balaban J connectivity index is 1.39. The monoisotopic (exact) mass is 451 g/mol. The van der Waals surface area contributed by atoms with E-state index in [1.54, 1.807) is 16.2 Å². The van der Waals surface area contributed by atoms with Crippen LogP contribution in [0.4, 0.5) is 5.69 Å². The van der Waals surface area contributed by atoms with Crippen molar-refractivity contribution in [3.05, 3.63) is 64.9 Å². The molecule has 2 aromatic heterocycles. The van der Waals surface area contributed by atoms with Crippen LogP contribution in [0.25, 0.3) is 11.0 Å². The lowest BCUT2D eigenvalue weighted by molar-refractivity contribution is -0.116. The Bertz CT molecular complexity index is 1220. The van der Waals surface area contributed by atoms with Gasteiger partial charge in [0.1, 0.15) is 13.2 Å². The van der Waals surface area contributed by atoms with E-state index in [9.17, 15) is 4.79 Å². The van der Waals surface area contributed by atoms with Gasteiger partial charge in [0, 0.05) is 23.7 Å². The number of hydrogen-bond acceptors (Lipinski definition) is 6. The van der Waals surface area contributed by atoms with Gasteiger partial charge in [0.2, 0.25) is 5.91 Å². The van der Waals surface area contributed by atoms with Crippen molar-refractivity contribution in [2.24, 2.45) is 7.05 Å². The van der Waals surface area contributed by atoms with Crippen LogP contribution < -0.4 is 14.4 Å². The first-order valence-corrected chi connectivity index (χ1v) is 11.8. The molecule has 0 fully saturated rings. The van der Waals surface area contributed by atoms with Gasteiger partial charge in [0.05, 0.1) is 23.3 Å². The lowest BCUT2D eigenvalue weighted by Gasteiger charge is -2.25. The van der Waals surface area contributed by atoms with Gasteiger partial charge in [-0.05, 0) is 35.7 Å². The molecule has 0 unspecified atom stereocenters. The van der Waals surface area contributed by atoms with Gasteiger partial charge in [-0.3, -0.25) is 4.79 Å². The standard InChI is InChI=1S/C23H21N3O3S2/c1-25-19-7-3-2-6-18(19)24-23(25)31-15-22(27)26(14-17-5-4-12-30-17)16-8-9-20-21(13-16)29-11-10-28-20/h2-9,12-13H,10-11,14-15H2,1H3. The summed E-state index contributed by atoms with van der Waals surface area (Å²) < 4.78 is 13.4. The molecule has 1 aliphatic rings. The van der Waals surface area contributed by atoms with Crippen LogP contribution in [0.2, 0.25) is 0 Å². The second kappa shape index (κ2) is 8.64. The van der Waals surface area contributed by atoms with Crippen LogP contribution >= 0.6 is 23.1 Å². The van der Waals surface area contributed by atoms with Gasteiger partial charge in [0.15, 0.2) is 16.7 Å². The number of nitrogens with zero attached hydrogens (tertiary/aromatic N) is 3. The van der Waals surface area contributed by atoms with Gasteiger partial charge in [-0.1, -0.05) is 30.0 Å². The number of thiophene rings is 1. The number of carbonyl (C=O) groups is 1. The fraction of sp³-hybridized carbons (Fsp3) is 0.217. The fourth-order valence-corrected chi connectivity index (χ4v) is 5.09. The van der Waals surface area contributed by atoms with Crippen molar-refractivity contribution in [3.8, 4) is 11.5 Å². The molecule has 8 heteroatoms. The number of rotatable bonds is 6. The summed E-state index contributed by atoms with van der Waals surface area (Å²) >= 11 is 3.09. The Morgan fingerprint density at radius 1 is 1.13 bits per heavy atom. The Hall–Kier alpha value is -2.97. The molecule has 0 bridgehead atoms. The average molecular weight is 452 g/mol. The number of imidazole rings is 1. The third kappa shape index (κ3) is 4.13. The van der Waals surface area contributed by atoms with E-state index in [-0.39, 0.29) is 11.7 Å². The minimum atomic E-state index is 0.0159. The van der Waals surface area contributed by atoms with Crippen LogP contribution in [0.15, 0.2) is 65.1 Å². The van der Waals surface area contributed by atoms with Crippen molar-refractivity contribution in [3.63, 3.8) is 0 Å². The first-order chi connectivity index (χ1) is 15.2. The maximum atomic E-state index is 13.3. The van der Waals surface area contributed by atoms with Crippen LogP contribution in [0, 0.1) is 0 Å². The first kappa shape index (κ1) is 20.0. The van der Waals surface area contributed by atoms with E-state index in [2.05, 4.69) is 4.98 Å². The van der Waals surface area contributed by atoms with E-state index in [1.165, 1.54) is 11.8 Å². The predicted octanol–water partition coefficient (Wildman–Crippen LogP) is 4.73. The molecule has 4 aromatic rings. The molecule has 0 spiro atoms. The summed E-state index contributed by atoms with van der Waals surface area (Å²) in [6, 6.07) is 17.7. The molecule has 1 amide bonds. The second-order valence-electron chi connectivity index (χ2n) is 7.12. The number of amides is 1. The minimum Gasteiger partial charge on any atom is -0.486 e. The maximum absolute atomic E-state index is 13.3. The highest BCUT2D eigenvalue weighted by Crippen LogP contribution is 2.35. The molecule has 6 nitrogen and oxygen atoms in total. The lowest BCUT2D eigenvalue weighted by Crippen LogP contribution is -2.32. The van der Waals surface area contributed by atoms with Gasteiger partial charge >= 0.3 is 0 Å². The molecule has 0 atom stereocenters. The molecule has 31 heavy (non-hydrogen) atoms. The lowest BCUT2D eigenvalue weighted by atomic mass is 10.2. The summed E-state index contributed by atoms with van der Waals surface area (Å²) in [5.41, 5.74) is 2.79. The van der Waals surface area contributed by atoms with Crippen molar-refractivity contribution in [2.75, 3.05) is 23.9 Å². The third-order valence-corrected chi connectivity index (χ3v) is 6.98. The molecular weight excluding hydrogens is 430 g/mol. The highest BCUT2D eigenvalue weighted by molar-refractivity contribution is 7.99. The van der Waals surface area contributed by atoms with E-state index in [1.807, 2.05) is 71.6 Å².